The Morgan fingerprint density at radius 1 is 1.15 bits per heavy atom. The molecule has 0 aliphatic carbocycles. The summed E-state index contributed by atoms with van der Waals surface area (Å²) in [5.41, 5.74) is 2.90. The predicted molar refractivity (Wildman–Crippen MR) is 104 cm³/mol. The van der Waals surface area contributed by atoms with Gasteiger partial charge in [-0.25, -0.2) is 9.97 Å². The van der Waals surface area contributed by atoms with Gasteiger partial charge in [0.1, 0.15) is 4.83 Å². The van der Waals surface area contributed by atoms with Crippen molar-refractivity contribution in [3.05, 3.63) is 41.5 Å². The number of hydrogen-bond acceptors (Lipinski definition) is 5. The lowest BCUT2D eigenvalue weighted by Crippen LogP contribution is -2.17. The maximum Gasteiger partial charge on any atom is 0.157 e. The highest BCUT2D eigenvalue weighted by Gasteiger charge is 2.16. The Hall–Kier alpha value is -2.31. The lowest BCUT2D eigenvalue weighted by molar-refractivity contribution is 0.0667. The molecule has 6 heteroatoms. The van der Waals surface area contributed by atoms with E-state index in [-0.39, 0.29) is 0 Å². The summed E-state index contributed by atoms with van der Waals surface area (Å²) in [4.78, 5) is 12.0. The van der Waals surface area contributed by atoms with E-state index in [1.165, 1.54) is 23.1 Å². The van der Waals surface area contributed by atoms with Gasteiger partial charge in [-0.2, -0.15) is 5.10 Å². The largest absolute Gasteiger partial charge is 0.381 e. The average molecular weight is 364 g/mol. The smallest absolute Gasteiger partial charge is 0.157 e. The second-order valence-corrected chi connectivity index (χ2v) is 8.08. The van der Waals surface area contributed by atoms with Gasteiger partial charge in [0, 0.05) is 47.7 Å². The van der Waals surface area contributed by atoms with Crippen LogP contribution in [0.1, 0.15) is 17.7 Å². The van der Waals surface area contributed by atoms with Crippen LogP contribution in [-0.2, 0) is 18.2 Å². The monoisotopic (exact) mass is 364 g/mol. The fraction of sp³-hybridized carbons (Fsp3) is 0.350. The molecule has 0 N–H and O–H groups in total. The molecule has 26 heavy (non-hydrogen) atoms. The highest BCUT2D eigenvalue weighted by atomic mass is 32.1. The Morgan fingerprint density at radius 3 is 2.92 bits per heavy atom. The second kappa shape index (κ2) is 6.45. The van der Waals surface area contributed by atoms with Gasteiger partial charge in [0.15, 0.2) is 5.65 Å². The first-order chi connectivity index (χ1) is 12.8. The molecule has 4 aromatic heterocycles. The normalized spacial score (nSPS) is 15.9. The molecule has 0 saturated carbocycles. The Kier molecular flexibility index (Phi) is 3.94. The maximum atomic E-state index is 5.47. The van der Waals surface area contributed by atoms with E-state index in [9.17, 15) is 0 Å². The van der Waals surface area contributed by atoms with Gasteiger partial charge >= 0.3 is 0 Å². The quantitative estimate of drug-likeness (QED) is 0.546. The van der Waals surface area contributed by atoms with Crippen LogP contribution < -0.4 is 0 Å². The maximum absolute atomic E-state index is 5.47. The Bertz CT molecular complexity index is 1080. The number of nitrogens with zero attached hydrogens (tertiary/aromatic N) is 4. The lowest BCUT2D eigenvalue weighted by atomic mass is 9.96. The van der Waals surface area contributed by atoms with E-state index in [1.807, 2.05) is 30.8 Å². The molecule has 5 heterocycles. The van der Waals surface area contributed by atoms with Crippen LogP contribution in [0.2, 0.25) is 0 Å². The zero-order chi connectivity index (χ0) is 17.5. The van der Waals surface area contributed by atoms with Crippen molar-refractivity contribution in [1.29, 1.82) is 0 Å². The summed E-state index contributed by atoms with van der Waals surface area (Å²) in [5, 5.41) is 6.54. The minimum atomic E-state index is 0.744. The van der Waals surface area contributed by atoms with Crippen molar-refractivity contribution in [3.63, 3.8) is 0 Å². The van der Waals surface area contributed by atoms with E-state index in [1.54, 1.807) is 4.68 Å². The van der Waals surface area contributed by atoms with Gasteiger partial charge in [0.25, 0.3) is 0 Å². The number of rotatable bonds is 3. The minimum absolute atomic E-state index is 0.744. The molecular formula is C20H20N4OS. The molecule has 5 rings (SSSR count). The summed E-state index contributed by atoms with van der Waals surface area (Å²) in [6.45, 7) is 1.81. The van der Waals surface area contributed by atoms with Crippen molar-refractivity contribution in [2.24, 2.45) is 13.0 Å². The molecule has 1 aliphatic rings. The van der Waals surface area contributed by atoms with E-state index in [2.05, 4.69) is 34.3 Å². The topological polar surface area (TPSA) is 52.8 Å². The van der Waals surface area contributed by atoms with Gasteiger partial charge in [-0.15, -0.1) is 11.3 Å². The first kappa shape index (κ1) is 15.9. The molecule has 0 amide bonds. The number of aromatic nitrogens is 4. The summed E-state index contributed by atoms with van der Waals surface area (Å²) in [6.07, 6.45) is 7.21. The van der Waals surface area contributed by atoms with E-state index in [0.717, 1.165) is 52.7 Å². The Morgan fingerprint density at radius 2 is 2.04 bits per heavy atom. The van der Waals surface area contributed by atoms with E-state index in [4.69, 9.17) is 9.72 Å². The Balaban J connectivity index is 1.46. The van der Waals surface area contributed by atoms with E-state index >= 15 is 0 Å². The van der Waals surface area contributed by atoms with Crippen molar-refractivity contribution < 1.29 is 4.74 Å². The van der Waals surface area contributed by atoms with Crippen LogP contribution in [0.5, 0.6) is 0 Å². The zero-order valence-corrected chi connectivity index (χ0v) is 15.5. The van der Waals surface area contributed by atoms with Crippen molar-refractivity contribution >= 4 is 32.6 Å². The van der Waals surface area contributed by atoms with Crippen molar-refractivity contribution in [2.75, 3.05) is 13.2 Å². The highest BCUT2D eigenvalue weighted by Crippen LogP contribution is 2.31. The number of hydrogen-bond donors (Lipinski definition) is 0. The molecule has 0 radical (unpaired) electrons. The van der Waals surface area contributed by atoms with Gasteiger partial charge in [-0.05, 0) is 49.4 Å². The molecule has 0 atom stereocenters. The van der Waals surface area contributed by atoms with Gasteiger partial charge < -0.3 is 4.74 Å². The second-order valence-electron chi connectivity index (χ2n) is 6.97. The van der Waals surface area contributed by atoms with Gasteiger partial charge in [0.2, 0.25) is 0 Å². The number of pyridine rings is 2. The SMILES string of the molecule is Cn1ncc2cc(-c3ccc4cc(CC5CCOCC5)sc4n3)cnc21. The van der Waals surface area contributed by atoms with Crippen molar-refractivity contribution in [3.8, 4) is 11.3 Å². The number of aryl methyl sites for hydroxylation is 1. The van der Waals surface area contributed by atoms with Crippen LogP contribution >= 0.6 is 11.3 Å². The number of fused-ring (bicyclic) bond motifs is 2. The summed E-state index contributed by atoms with van der Waals surface area (Å²) < 4.78 is 7.26. The van der Waals surface area contributed by atoms with Crippen LogP contribution in [0.25, 0.3) is 32.5 Å². The fourth-order valence-corrected chi connectivity index (χ4v) is 4.79. The van der Waals surface area contributed by atoms with E-state index in [0.29, 0.717) is 0 Å². The predicted octanol–water partition coefficient (Wildman–Crippen LogP) is 4.21. The standard InChI is InChI=1S/C20H20N4OS/c1-24-19-16(12-22-24)9-15(11-21-19)18-3-2-14-10-17(26-20(14)23-18)8-13-4-6-25-7-5-13/h2-3,9-13H,4-8H2,1H3. The minimum Gasteiger partial charge on any atom is -0.381 e. The summed E-state index contributed by atoms with van der Waals surface area (Å²) in [6, 6.07) is 8.68. The van der Waals surface area contributed by atoms with Gasteiger partial charge in [-0.3, -0.25) is 4.68 Å². The van der Waals surface area contributed by atoms with Gasteiger partial charge in [0.05, 0.1) is 11.9 Å². The third kappa shape index (κ3) is 2.89. The van der Waals surface area contributed by atoms with Crippen LogP contribution in [0, 0.1) is 5.92 Å². The first-order valence-electron chi connectivity index (χ1n) is 9.01. The fourth-order valence-electron chi connectivity index (χ4n) is 3.65. The average Bonchev–Trinajstić information content (AvgIpc) is 3.24. The highest BCUT2D eigenvalue weighted by molar-refractivity contribution is 7.18. The molecule has 0 spiro atoms. The first-order valence-corrected chi connectivity index (χ1v) is 9.83. The van der Waals surface area contributed by atoms with Crippen molar-refractivity contribution in [1.82, 2.24) is 19.7 Å². The summed E-state index contributed by atoms with van der Waals surface area (Å²) in [7, 11) is 1.91. The molecule has 1 aliphatic heterocycles. The third-order valence-corrected chi connectivity index (χ3v) is 6.20. The number of thiophene rings is 1. The van der Waals surface area contributed by atoms with Crippen molar-refractivity contribution in [2.45, 2.75) is 19.3 Å². The van der Waals surface area contributed by atoms with Crippen LogP contribution in [0.15, 0.2) is 36.7 Å². The van der Waals surface area contributed by atoms with E-state index < -0.39 is 0 Å². The lowest BCUT2D eigenvalue weighted by Gasteiger charge is -2.21. The molecule has 0 bridgehead atoms. The molecule has 1 fully saturated rings. The van der Waals surface area contributed by atoms with Crippen LogP contribution in [0.3, 0.4) is 0 Å². The summed E-state index contributed by atoms with van der Waals surface area (Å²) >= 11 is 1.82. The molecule has 1 saturated heterocycles. The molecule has 0 unspecified atom stereocenters. The van der Waals surface area contributed by atoms with Gasteiger partial charge in [-0.1, -0.05) is 0 Å². The molecule has 0 aromatic carbocycles. The van der Waals surface area contributed by atoms with Crippen LogP contribution in [-0.4, -0.2) is 33.0 Å². The van der Waals surface area contributed by atoms with Crippen LogP contribution in [0.4, 0.5) is 0 Å². The molecule has 4 aromatic rings. The molecular weight excluding hydrogens is 344 g/mol. The zero-order valence-electron chi connectivity index (χ0n) is 14.7. The summed E-state index contributed by atoms with van der Waals surface area (Å²) in [5.74, 6) is 0.744. The molecule has 5 nitrogen and oxygen atoms in total. The Labute approximate surface area is 155 Å². The third-order valence-electron chi connectivity index (χ3n) is 5.13. The molecule has 132 valence electrons. The number of ether oxygens (including phenoxy) is 1.